The van der Waals surface area contributed by atoms with Crippen LogP contribution in [0.4, 0.5) is 0 Å². The standard InChI is InChI=1S/Na.Nd.H2O4S.H/c;;1-5(2,3)4;/h;;(H2,1,2,3,4);. The van der Waals surface area contributed by atoms with E-state index in [4.69, 9.17) is 17.5 Å². The van der Waals surface area contributed by atoms with Gasteiger partial charge in [0.05, 0.1) is 0 Å². The Morgan fingerprint density at radius 3 is 1.14 bits per heavy atom. The summed E-state index contributed by atoms with van der Waals surface area (Å²) < 4.78 is 31.6. The zero-order valence-corrected chi connectivity index (χ0v) is 6.64. The average Bonchev–Trinajstić information content (AvgIpc) is 0.722. The van der Waals surface area contributed by atoms with Crippen LogP contribution in [0.15, 0.2) is 0 Å². The minimum Gasteiger partial charge on any atom is 0 e. The van der Waals surface area contributed by atoms with E-state index >= 15 is 0 Å². The third-order valence-electron chi connectivity index (χ3n) is 0. The largest absolute Gasteiger partial charge is 0 e. The maximum Gasteiger partial charge on any atom is 0 e. The Labute approximate surface area is 96.4 Å². The van der Waals surface area contributed by atoms with Crippen molar-refractivity contribution in [1.29, 1.82) is 0 Å². The zero-order chi connectivity index (χ0) is 4.50. The summed E-state index contributed by atoms with van der Waals surface area (Å²) in [6, 6.07) is 0. The Kier molecular flexibility index (Phi) is 14.6. The van der Waals surface area contributed by atoms with Gasteiger partial charge in [0, 0.05) is 40.8 Å². The first-order valence-corrected chi connectivity index (χ1v) is 2.10. The van der Waals surface area contributed by atoms with Crippen LogP contribution in [0.25, 0.3) is 0 Å². The summed E-state index contributed by atoms with van der Waals surface area (Å²) in [4.78, 5) is 0. The van der Waals surface area contributed by atoms with Gasteiger partial charge in [-0.3, -0.25) is 9.11 Å². The Hall–Kier alpha value is 2.22. The van der Waals surface area contributed by atoms with Gasteiger partial charge in [-0.2, -0.15) is 8.42 Å². The van der Waals surface area contributed by atoms with Gasteiger partial charge < -0.3 is 0 Å². The first kappa shape index (κ1) is 16.1. The first-order chi connectivity index (χ1) is 2.00. The molecule has 0 fully saturated rings. The molecule has 0 radical (unpaired) electrons. The molecule has 7 heteroatoms. The van der Waals surface area contributed by atoms with Crippen molar-refractivity contribution < 1.29 is 58.4 Å². The van der Waals surface area contributed by atoms with Gasteiger partial charge in [0.25, 0.3) is 0 Å². The molecule has 0 aliphatic carbocycles. The predicted octanol–water partition coefficient (Wildman–Crippen LogP) is -1.30. The third-order valence-corrected chi connectivity index (χ3v) is 0. The molecule has 0 aromatic heterocycles. The second-order valence-corrected chi connectivity index (χ2v) is 1.34. The Bertz CT molecular complexity index is 94.9. The van der Waals surface area contributed by atoms with Crippen molar-refractivity contribution in [1.82, 2.24) is 0 Å². The number of rotatable bonds is 0. The first-order valence-electron chi connectivity index (χ1n) is 0.698. The Morgan fingerprint density at radius 1 is 1.14 bits per heavy atom. The van der Waals surface area contributed by atoms with E-state index in [2.05, 4.69) is 0 Å². The molecule has 0 atom stereocenters. The molecule has 7 heavy (non-hydrogen) atoms. The van der Waals surface area contributed by atoms with E-state index in [-0.39, 0.29) is 70.4 Å². The van der Waals surface area contributed by atoms with E-state index in [0.29, 0.717) is 0 Å². The molecule has 0 aromatic rings. The summed E-state index contributed by atoms with van der Waals surface area (Å²) in [5.74, 6) is 0. The topological polar surface area (TPSA) is 74.6 Å². The average molecular weight is 266 g/mol. The predicted molar refractivity (Wildman–Crippen MR) is 21.3 cm³/mol. The molecule has 0 spiro atoms. The molecule has 2 N–H and O–H groups in total. The fourth-order valence-electron chi connectivity index (χ4n) is 0. The van der Waals surface area contributed by atoms with Crippen LogP contribution >= 0.6 is 0 Å². The van der Waals surface area contributed by atoms with Gasteiger partial charge in [-0.15, -0.1) is 0 Å². The van der Waals surface area contributed by atoms with Gasteiger partial charge in [-0.05, 0) is 0 Å². The van der Waals surface area contributed by atoms with Crippen LogP contribution in [0.5, 0.6) is 0 Å². The van der Waals surface area contributed by atoms with Crippen molar-refractivity contribution in [3.8, 4) is 0 Å². The van der Waals surface area contributed by atoms with E-state index in [1.807, 2.05) is 0 Å². The molecule has 0 bridgehead atoms. The third kappa shape index (κ3) is 64.5. The molecule has 0 heterocycles. The number of hydrogen-bond donors (Lipinski definition) is 2. The minimum atomic E-state index is -4.67. The minimum absolute atomic E-state index is 0. The molecular weight excluding hydrogens is 263 g/mol. The van der Waals surface area contributed by atoms with E-state index in [1.54, 1.807) is 0 Å². The van der Waals surface area contributed by atoms with Crippen molar-refractivity contribution in [2.24, 2.45) is 0 Å². The molecule has 0 unspecified atom stereocenters. The monoisotopic (exact) mass is 264 g/mol. The van der Waals surface area contributed by atoms with Crippen molar-refractivity contribution in [3.63, 3.8) is 0 Å². The fourth-order valence-corrected chi connectivity index (χ4v) is 0. The van der Waals surface area contributed by atoms with E-state index in [1.165, 1.54) is 0 Å². The van der Waals surface area contributed by atoms with Gasteiger partial charge in [0.15, 0.2) is 0 Å². The summed E-state index contributed by atoms with van der Waals surface area (Å²) in [5.41, 5.74) is 0. The normalized spacial score (nSPS) is 8.29. The van der Waals surface area contributed by atoms with Crippen LogP contribution in [0, 0.1) is 40.8 Å². The van der Waals surface area contributed by atoms with E-state index < -0.39 is 10.4 Å². The van der Waals surface area contributed by atoms with E-state index in [9.17, 15) is 0 Å². The molecule has 0 rings (SSSR count). The van der Waals surface area contributed by atoms with Crippen LogP contribution in [0.2, 0.25) is 0 Å². The summed E-state index contributed by atoms with van der Waals surface area (Å²) in [6.07, 6.45) is 0. The molecule has 0 aliphatic rings. The quantitative estimate of drug-likeness (QED) is 0.422. The molecule has 38 valence electrons. The smallest absolute Gasteiger partial charge is 0 e. The molecule has 0 amide bonds. The van der Waals surface area contributed by atoms with Gasteiger partial charge in [-0.1, -0.05) is 0 Å². The molecule has 0 aliphatic heterocycles. The van der Waals surface area contributed by atoms with Crippen molar-refractivity contribution in [2.45, 2.75) is 0 Å². The van der Waals surface area contributed by atoms with Crippen molar-refractivity contribution in [2.75, 3.05) is 0 Å². The van der Waals surface area contributed by atoms with E-state index in [0.717, 1.165) is 0 Å². The van der Waals surface area contributed by atoms with Crippen molar-refractivity contribution >= 4 is 40.0 Å². The van der Waals surface area contributed by atoms with Gasteiger partial charge in [0.1, 0.15) is 0 Å². The maximum absolute atomic E-state index is 8.74. The zero-order valence-electron chi connectivity index (χ0n) is 2.62. The van der Waals surface area contributed by atoms with Gasteiger partial charge in [0.2, 0.25) is 0 Å². The summed E-state index contributed by atoms with van der Waals surface area (Å²) in [5, 5.41) is 0. The summed E-state index contributed by atoms with van der Waals surface area (Å²) >= 11 is 0. The second-order valence-electron chi connectivity index (χ2n) is 0.448. The van der Waals surface area contributed by atoms with Crippen LogP contribution in [0.3, 0.4) is 0 Å². The molecule has 0 saturated heterocycles. The van der Waals surface area contributed by atoms with Gasteiger partial charge >= 0.3 is 40.0 Å². The van der Waals surface area contributed by atoms with Gasteiger partial charge in [-0.25, -0.2) is 0 Å². The van der Waals surface area contributed by atoms with Crippen LogP contribution < -0.4 is 0 Å². The second kappa shape index (κ2) is 6.34. The SMILES string of the molecule is O=S(=O)(O)O.[NaH].[Nd]. The molecular formula is H3NaNdO4S. The summed E-state index contributed by atoms with van der Waals surface area (Å²) in [6.45, 7) is 0. The summed E-state index contributed by atoms with van der Waals surface area (Å²) in [7, 11) is -4.67. The van der Waals surface area contributed by atoms with Crippen LogP contribution in [-0.2, 0) is 10.4 Å². The molecule has 4 nitrogen and oxygen atoms in total. The van der Waals surface area contributed by atoms with Crippen molar-refractivity contribution in [3.05, 3.63) is 0 Å². The molecule has 0 aromatic carbocycles. The van der Waals surface area contributed by atoms with Crippen LogP contribution in [0.1, 0.15) is 0 Å². The maximum atomic E-state index is 8.74. The Balaban J connectivity index is -0.0000000800. The molecule has 0 saturated carbocycles. The fraction of sp³-hybridized carbons (Fsp3) is 0. The Morgan fingerprint density at radius 2 is 1.14 bits per heavy atom. The number of hydrogen-bond acceptors (Lipinski definition) is 2. The van der Waals surface area contributed by atoms with Crippen LogP contribution in [-0.4, -0.2) is 47.1 Å².